The molecule has 3 rings (SSSR count). The molecule has 0 amide bonds. The molecule has 0 fully saturated rings. The van der Waals surface area contributed by atoms with E-state index in [-0.39, 0.29) is 12.2 Å². The number of hydrogen-bond acceptors (Lipinski definition) is 5. The normalized spacial score (nSPS) is 10.2. The second-order valence-electron chi connectivity index (χ2n) is 5.54. The van der Waals surface area contributed by atoms with Gasteiger partial charge in [-0.15, -0.1) is 0 Å². The van der Waals surface area contributed by atoms with Crippen LogP contribution in [0.2, 0.25) is 0 Å². The number of nitriles is 1. The van der Waals surface area contributed by atoms with Crippen LogP contribution in [0.5, 0.6) is 11.5 Å². The molecule has 0 bridgehead atoms. The van der Waals surface area contributed by atoms with Crippen molar-refractivity contribution in [1.29, 1.82) is 5.26 Å². The molecule has 0 aliphatic heterocycles. The molecule has 0 spiro atoms. The third kappa shape index (κ3) is 4.08. The van der Waals surface area contributed by atoms with Gasteiger partial charge in [-0.3, -0.25) is 4.79 Å². The van der Waals surface area contributed by atoms with Gasteiger partial charge < -0.3 is 9.47 Å². The molecular formula is C20H17N3O3. The zero-order chi connectivity index (χ0) is 18.4. The van der Waals surface area contributed by atoms with Gasteiger partial charge in [0.05, 0.1) is 19.3 Å². The summed E-state index contributed by atoms with van der Waals surface area (Å²) in [6, 6.07) is 19.9. The predicted octanol–water partition coefficient (Wildman–Crippen LogP) is 2.87. The van der Waals surface area contributed by atoms with Gasteiger partial charge >= 0.3 is 0 Å². The van der Waals surface area contributed by atoms with E-state index in [4.69, 9.17) is 14.7 Å². The number of aromatic nitrogens is 2. The number of nitrogens with zero attached hydrogens (tertiary/aromatic N) is 3. The first kappa shape index (κ1) is 17.2. The van der Waals surface area contributed by atoms with Crippen LogP contribution in [0.1, 0.15) is 5.56 Å². The van der Waals surface area contributed by atoms with Gasteiger partial charge in [0.1, 0.15) is 17.6 Å². The molecule has 1 aromatic heterocycles. The predicted molar refractivity (Wildman–Crippen MR) is 97.1 cm³/mol. The van der Waals surface area contributed by atoms with Crippen molar-refractivity contribution in [2.45, 2.75) is 6.54 Å². The van der Waals surface area contributed by atoms with Crippen molar-refractivity contribution in [3.05, 3.63) is 76.6 Å². The van der Waals surface area contributed by atoms with Gasteiger partial charge in [-0.05, 0) is 35.9 Å². The lowest BCUT2D eigenvalue weighted by Gasteiger charge is -2.09. The van der Waals surface area contributed by atoms with E-state index < -0.39 is 0 Å². The Balaban J connectivity index is 1.84. The van der Waals surface area contributed by atoms with Gasteiger partial charge in [0.15, 0.2) is 6.61 Å². The Morgan fingerprint density at radius 1 is 1.08 bits per heavy atom. The highest BCUT2D eigenvalue weighted by Crippen LogP contribution is 2.21. The van der Waals surface area contributed by atoms with Gasteiger partial charge in [-0.2, -0.15) is 10.4 Å². The number of rotatable bonds is 6. The van der Waals surface area contributed by atoms with Crippen LogP contribution in [0.3, 0.4) is 0 Å². The van der Waals surface area contributed by atoms with Crippen LogP contribution < -0.4 is 15.0 Å². The minimum absolute atomic E-state index is 0.00292. The molecule has 26 heavy (non-hydrogen) atoms. The summed E-state index contributed by atoms with van der Waals surface area (Å²) in [5.41, 5.74) is 2.30. The van der Waals surface area contributed by atoms with Crippen LogP contribution in [0.4, 0.5) is 0 Å². The van der Waals surface area contributed by atoms with Crippen LogP contribution in [-0.4, -0.2) is 23.5 Å². The lowest BCUT2D eigenvalue weighted by Crippen LogP contribution is -2.22. The van der Waals surface area contributed by atoms with Crippen molar-refractivity contribution in [1.82, 2.24) is 9.78 Å². The minimum atomic E-state index is -0.179. The Labute approximate surface area is 150 Å². The van der Waals surface area contributed by atoms with E-state index in [1.807, 2.05) is 42.5 Å². The Bertz CT molecular complexity index is 988. The van der Waals surface area contributed by atoms with Gasteiger partial charge in [-0.1, -0.05) is 24.3 Å². The summed E-state index contributed by atoms with van der Waals surface area (Å²) in [4.78, 5) is 12.2. The maximum atomic E-state index is 12.2. The first-order valence-corrected chi connectivity index (χ1v) is 8.01. The average Bonchev–Trinajstić information content (AvgIpc) is 2.69. The zero-order valence-electron chi connectivity index (χ0n) is 14.3. The van der Waals surface area contributed by atoms with Crippen LogP contribution in [0.25, 0.3) is 11.3 Å². The van der Waals surface area contributed by atoms with E-state index in [1.165, 1.54) is 10.7 Å². The Kier molecular flexibility index (Phi) is 5.30. The highest BCUT2D eigenvalue weighted by molar-refractivity contribution is 5.60. The van der Waals surface area contributed by atoms with Gasteiger partial charge in [0.2, 0.25) is 0 Å². The second kappa shape index (κ2) is 7.99. The first-order chi connectivity index (χ1) is 12.7. The zero-order valence-corrected chi connectivity index (χ0v) is 14.3. The van der Waals surface area contributed by atoms with Crippen LogP contribution in [-0.2, 0) is 6.54 Å². The molecule has 0 aliphatic carbocycles. The quantitative estimate of drug-likeness (QED) is 0.685. The molecule has 0 radical (unpaired) electrons. The second-order valence-corrected chi connectivity index (χ2v) is 5.54. The largest absolute Gasteiger partial charge is 0.497 e. The van der Waals surface area contributed by atoms with E-state index in [0.717, 1.165) is 16.9 Å². The molecule has 3 aromatic rings. The molecule has 0 atom stereocenters. The summed E-state index contributed by atoms with van der Waals surface area (Å²) in [5, 5.41) is 13.0. The molecule has 6 nitrogen and oxygen atoms in total. The summed E-state index contributed by atoms with van der Waals surface area (Å²) >= 11 is 0. The van der Waals surface area contributed by atoms with E-state index in [0.29, 0.717) is 18.0 Å². The topological polar surface area (TPSA) is 77.1 Å². The van der Waals surface area contributed by atoms with E-state index in [9.17, 15) is 4.79 Å². The number of ether oxygens (including phenoxy) is 2. The highest BCUT2D eigenvalue weighted by Gasteiger charge is 2.06. The molecule has 0 N–H and O–H groups in total. The first-order valence-electron chi connectivity index (χ1n) is 8.01. The Morgan fingerprint density at radius 2 is 1.88 bits per heavy atom. The molecule has 0 saturated heterocycles. The monoisotopic (exact) mass is 347 g/mol. The molecule has 130 valence electrons. The molecular weight excluding hydrogens is 330 g/mol. The minimum Gasteiger partial charge on any atom is -0.497 e. The van der Waals surface area contributed by atoms with Gasteiger partial charge in [-0.25, -0.2) is 4.68 Å². The van der Waals surface area contributed by atoms with E-state index in [2.05, 4.69) is 5.10 Å². The third-order valence-electron chi connectivity index (χ3n) is 3.79. The van der Waals surface area contributed by atoms with Crippen molar-refractivity contribution < 1.29 is 9.47 Å². The Morgan fingerprint density at radius 3 is 2.62 bits per heavy atom. The van der Waals surface area contributed by atoms with Gasteiger partial charge in [0, 0.05) is 11.6 Å². The fraction of sp³-hybridized carbons (Fsp3) is 0.150. The van der Waals surface area contributed by atoms with Crippen molar-refractivity contribution in [2.75, 3.05) is 13.7 Å². The van der Waals surface area contributed by atoms with Crippen molar-refractivity contribution in [3.8, 4) is 28.8 Å². The van der Waals surface area contributed by atoms with Crippen molar-refractivity contribution >= 4 is 0 Å². The lowest BCUT2D eigenvalue weighted by atomic mass is 10.1. The fourth-order valence-electron chi connectivity index (χ4n) is 2.48. The van der Waals surface area contributed by atoms with Crippen LogP contribution in [0, 0.1) is 11.3 Å². The van der Waals surface area contributed by atoms with Gasteiger partial charge in [0.25, 0.3) is 5.56 Å². The maximum absolute atomic E-state index is 12.2. The van der Waals surface area contributed by atoms with Crippen molar-refractivity contribution in [2.24, 2.45) is 0 Å². The summed E-state index contributed by atoms with van der Waals surface area (Å²) in [6.07, 6.45) is 0. The highest BCUT2D eigenvalue weighted by atomic mass is 16.5. The summed E-state index contributed by atoms with van der Waals surface area (Å²) in [5.74, 6) is 1.34. The standard InChI is InChI=1S/C20H17N3O3/c1-25-18-4-2-3-16(13-18)19-9-10-20(24)23(22-19)14-15-5-7-17(8-6-15)26-12-11-21/h2-10,13H,12,14H2,1H3. The lowest BCUT2D eigenvalue weighted by molar-refractivity contribution is 0.368. The van der Waals surface area contributed by atoms with Crippen LogP contribution >= 0.6 is 0 Å². The summed E-state index contributed by atoms with van der Waals surface area (Å²) in [6.45, 7) is 0.345. The molecule has 0 saturated carbocycles. The van der Waals surface area contributed by atoms with E-state index in [1.54, 1.807) is 25.3 Å². The summed E-state index contributed by atoms with van der Waals surface area (Å²) < 4.78 is 11.9. The average molecular weight is 347 g/mol. The smallest absolute Gasteiger partial charge is 0.267 e. The maximum Gasteiger partial charge on any atom is 0.267 e. The van der Waals surface area contributed by atoms with E-state index >= 15 is 0 Å². The molecule has 0 unspecified atom stereocenters. The number of methoxy groups -OCH3 is 1. The SMILES string of the molecule is COc1cccc(-c2ccc(=O)n(Cc3ccc(OCC#N)cc3)n2)c1. The third-order valence-corrected chi connectivity index (χ3v) is 3.79. The van der Waals surface area contributed by atoms with Crippen molar-refractivity contribution in [3.63, 3.8) is 0 Å². The number of hydrogen-bond donors (Lipinski definition) is 0. The molecule has 2 aromatic carbocycles. The molecule has 6 heteroatoms. The molecule has 0 aliphatic rings. The fourth-order valence-corrected chi connectivity index (χ4v) is 2.48. The number of benzene rings is 2. The molecule has 1 heterocycles. The Hall–Kier alpha value is -3.59. The van der Waals surface area contributed by atoms with Crippen LogP contribution in [0.15, 0.2) is 65.5 Å². The summed E-state index contributed by atoms with van der Waals surface area (Å²) in [7, 11) is 1.61.